The van der Waals surface area contributed by atoms with E-state index in [2.05, 4.69) is 0 Å². The van der Waals surface area contributed by atoms with Crippen LogP contribution in [0.5, 0.6) is 0 Å². The Hall–Kier alpha value is -0.440. The molecule has 0 aliphatic rings. The van der Waals surface area contributed by atoms with E-state index in [9.17, 15) is 14.0 Å². The Morgan fingerprint density at radius 2 is 1.85 bits per heavy atom. The van der Waals surface area contributed by atoms with Crippen molar-refractivity contribution in [2.45, 2.75) is 0 Å². The van der Waals surface area contributed by atoms with Gasteiger partial charge >= 0.3 is 7.52 Å². The molecule has 1 aromatic rings. The highest BCUT2D eigenvalue weighted by Crippen LogP contribution is 2.39. The summed E-state index contributed by atoms with van der Waals surface area (Å²) in [6.45, 7) is 0. The minimum atomic E-state index is -3.87. The normalized spacial score (nSPS) is 17.7. The molecular formula is C6H9NO4P2. The predicted octanol–water partition coefficient (Wildman–Crippen LogP) is 0.469. The van der Waals surface area contributed by atoms with Crippen LogP contribution in [0.1, 0.15) is 0 Å². The number of benzene rings is 1. The summed E-state index contributed by atoms with van der Waals surface area (Å²) in [5.74, 6) is 0. The van der Waals surface area contributed by atoms with Crippen molar-refractivity contribution >= 4 is 21.0 Å². The minimum Gasteiger partial charge on any atom is -0.335 e. The average molecular weight is 221 g/mol. The van der Waals surface area contributed by atoms with Crippen molar-refractivity contribution in [3.63, 3.8) is 0 Å². The third-order valence-electron chi connectivity index (χ3n) is 1.35. The molecule has 7 heteroatoms. The molecule has 0 aromatic heterocycles. The molecule has 0 radical (unpaired) electrons. The molecule has 0 amide bonds. The van der Waals surface area contributed by atoms with Gasteiger partial charge in [-0.1, -0.05) is 18.2 Å². The molecule has 0 bridgehead atoms. The number of hydrogen-bond acceptors (Lipinski definition) is 2. The second kappa shape index (κ2) is 4.18. The summed E-state index contributed by atoms with van der Waals surface area (Å²) < 4.78 is 21.7. The topological polar surface area (TPSA) is 86.6 Å². The molecule has 0 saturated carbocycles. The highest BCUT2D eigenvalue weighted by Gasteiger charge is 2.21. The largest absolute Gasteiger partial charge is 0.335 e. The highest BCUT2D eigenvalue weighted by atomic mass is 31.2. The fourth-order valence-electron chi connectivity index (χ4n) is 0.824. The molecule has 0 aliphatic carbocycles. The molecule has 1 aromatic carbocycles. The van der Waals surface area contributed by atoms with E-state index < -0.39 is 15.7 Å². The van der Waals surface area contributed by atoms with Gasteiger partial charge in [0.2, 0.25) is 0 Å². The van der Waals surface area contributed by atoms with Gasteiger partial charge in [0.25, 0.3) is 8.18 Å². The van der Waals surface area contributed by atoms with E-state index >= 15 is 0 Å². The van der Waals surface area contributed by atoms with Crippen LogP contribution in [0.15, 0.2) is 30.3 Å². The van der Waals surface area contributed by atoms with Crippen LogP contribution in [0.4, 0.5) is 0 Å². The lowest BCUT2D eigenvalue weighted by molar-refractivity contribution is 0.471. The van der Waals surface area contributed by atoms with Gasteiger partial charge < -0.3 is 9.79 Å². The van der Waals surface area contributed by atoms with Crippen molar-refractivity contribution in [2.75, 3.05) is 0 Å². The Balaban J connectivity index is 2.95. The second-order valence-corrected chi connectivity index (χ2v) is 5.50. The van der Waals surface area contributed by atoms with Crippen molar-refractivity contribution in [1.82, 2.24) is 4.86 Å². The van der Waals surface area contributed by atoms with Crippen molar-refractivity contribution in [3.05, 3.63) is 30.3 Å². The molecule has 0 heterocycles. The third-order valence-corrected chi connectivity index (χ3v) is 4.33. The molecule has 5 nitrogen and oxygen atoms in total. The summed E-state index contributed by atoms with van der Waals surface area (Å²) in [7, 11) is -7.02. The van der Waals surface area contributed by atoms with Gasteiger partial charge in [0.15, 0.2) is 0 Å². The first kappa shape index (κ1) is 10.6. The molecule has 2 atom stereocenters. The smallest absolute Gasteiger partial charge is 0.304 e. The van der Waals surface area contributed by atoms with E-state index in [1.54, 1.807) is 23.1 Å². The average Bonchev–Trinajstić information content (AvgIpc) is 2.04. The standard InChI is InChI=1S/C6H9NO4P2/c8-12(9)7-13(10,11)6-4-2-1-3-5-6/h1-5,12H,(H3,7,8,9,10,11). The van der Waals surface area contributed by atoms with Crippen LogP contribution in [0.3, 0.4) is 0 Å². The lowest BCUT2D eigenvalue weighted by atomic mass is 10.4. The van der Waals surface area contributed by atoms with E-state index in [-0.39, 0.29) is 5.30 Å². The first-order valence-electron chi connectivity index (χ1n) is 3.42. The Labute approximate surface area is 75.8 Å². The maximum Gasteiger partial charge on any atom is 0.304 e. The van der Waals surface area contributed by atoms with Crippen molar-refractivity contribution < 1.29 is 18.9 Å². The van der Waals surface area contributed by atoms with Crippen LogP contribution in [0.25, 0.3) is 0 Å². The zero-order chi connectivity index (χ0) is 9.90. The quantitative estimate of drug-likeness (QED) is 0.646. The van der Waals surface area contributed by atoms with E-state index in [1.165, 1.54) is 12.1 Å². The summed E-state index contributed by atoms with van der Waals surface area (Å²) in [5.41, 5.74) is 0. The zero-order valence-corrected chi connectivity index (χ0v) is 8.44. The van der Waals surface area contributed by atoms with Gasteiger partial charge in [-0.3, -0.25) is 9.13 Å². The summed E-state index contributed by atoms with van der Waals surface area (Å²) in [5, 5.41) is 0.113. The van der Waals surface area contributed by atoms with Crippen LogP contribution in [-0.2, 0) is 9.13 Å². The van der Waals surface area contributed by atoms with Crippen LogP contribution < -0.4 is 10.2 Å². The molecular weight excluding hydrogens is 212 g/mol. The molecule has 72 valence electrons. The Morgan fingerprint density at radius 3 is 2.31 bits per heavy atom. The molecule has 0 saturated heterocycles. The predicted molar refractivity (Wildman–Crippen MR) is 50.3 cm³/mol. The molecule has 3 N–H and O–H groups in total. The molecule has 2 unspecified atom stereocenters. The summed E-state index contributed by atoms with van der Waals surface area (Å²) in [4.78, 5) is 19.5. The van der Waals surface area contributed by atoms with Gasteiger partial charge in [-0.05, 0) is 12.1 Å². The summed E-state index contributed by atoms with van der Waals surface area (Å²) >= 11 is 0. The van der Waals surface area contributed by atoms with Gasteiger partial charge in [0, 0.05) is 0 Å². The Bertz CT molecular complexity index is 353. The van der Waals surface area contributed by atoms with Gasteiger partial charge in [-0.2, -0.15) is 4.86 Å². The van der Waals surface area contributed by atoms with E-state index in [0.717, 1.165) is 0 Å². The van der Waals surface area contributed by atoms with Crippen molar-refractivity contribution in [2.24, 2.45) is 0 Å². The number of nitrogens with one attached hydrogen (secondary N) is 1. The second-order valence-electron chi connectivity index (χ2n) is 2.33. The van der Waals surface area contributed by atoms with E-state index in [4.69, 9.17) is 4.89 Å². The first-order valence-corrected chi connectivity index (χ1v) is 6.43. The van der Waals surface area contributed by atoms with Gasteiger partial charge in [-0.15, -0.1) is 0 Å². The lowest BCUT2D eigenvalue weighted by Gasteiger charge is -2.09. The Morgan fingerprint density at radius 1 is 1.31 bits per heavy atom. The van der Waals surface area contributed by atoms with Gasteiger partial charge in [0.1, 0.15) is 0 Å². The lowest BCUT2D eigenvalue weighted by Crippen LogP contribution is -2.12. The maximum atomic E-state index is 11.3. The number of rotatable bonds is 3. The fourth-order valence-corrected chi connectivity index (χ4v) is 2.95. The monoisotopic (exact) mass is 221 g/mol. The fraction of sp³-hybridized carbons (Fsp3) is 0. The SMILES string of the molecule is O=[PH](O)NP(=O)(O)c1ccccc1. The summed E-state index contributed by atoms with van der Waals surface area (Å²) in [6, 6.07) is 7.67. The van der Waals surface area contributed by atoms with Crippen LogP contribution in [0, 0.1) is 0 Å². The third kappa shape index (κ3) is 3.07. The highest BCUT2D eigenvalue weighted by molar-refractivity contribution is 7.70. The molecule has 1 rings (SSSR count). The number of hydrogen-bond donors (Lipinski definition) is 3. The molecule has 13 heavy (non-hydrogen) atoms. The van der Waals surface area contributed by atoms with Crippen molar-refractivity contribution in [3.8, 4) is 0 Å². The van der Waals surface area contributed by atoms with Crippen LogP contribution in [-0.4, -0.2) is 9.79 Å². The first-order chi connectivity index (χ1) is 6.02. The molecule has 0 spiro atoms. The maximum absolute atomic E-state index is 11.3. The Kier molecular flexibility index (Phi) is 3.42. The van der Waals surface area contributed by atoms with Gasteiger partial charge in [-0.25, -0.2) is 0 Å². The van der Waals surface area contributed by atoms with E-state index in [0.29, 0.717) is 0 Å². The van der Waals surface area contributed by atoms with Crippen LogP contribution >= 0.6 is 15.7 Å². The van der Waals surface area contributed by atoms with Crippen molar-refractivity contribution in [1.29, 1.82) is 0 Å². The molecule has 0 fully saturated rings. The minimum absolute atomic E-state index is 0.113. The van der Waals surface area contributed by atoms with Crippen LogP contribution in [0.2, 0.25) is 0 Å². The van der Waals surface area contributed by atoms with Gasteiger partial charge in [0.05, 0.1) is 5.30 Å². The zero-order valence-electron chi connectivity index (χ0n) is 6.54. The van der Waals surface area contributed by atoms with E-state index in [1.807, 2.05) is 0 Å². The molecule has 0 aliphatic heterocycles. The summed E-state index contributed by atoms with van der Waals surface area (Å²) in [6.07, 6.45) is 0.